The highest BCUT2D eigenvalue weighted by Crippen LogP contribution is 1.97. The van der Waals surface area contributed by atoms with E-state index in [4.69, 9.17) is 0 Å². The first-order valence-corrected chi connectivity index (χ1v) is 4.45. The smallest absolute Gasteiger partial charge is 0.234 e. The molecule has 15 heavy (non-hydrogen) atoms. The van der Waals surface area contributed by atoms with E-state index in [1.54, 1.807) is 0 Å². The Hall–Kier alpha value is -1.89. The van der Waals surface area contributed by atoms with Crippen molar-refractivity contribution in [2.45, 2.75) is 6.04 Å². The second-order valence-electron chi connectivity index (χ2n) is 3.08. The van der Waals surface area contributed by atoms with Gasteiger partial charge in [-0.1, -0.05) is 0 Å². The second kappa shape index (κ2) is 4.09. The van der Waals surface area contributed by atoms with Gasteiger partial charge in [-0.15, -0.1) is 5.10 Å². The van der Waals surface area contributed by atoms with Gasteiger partial charge in [-0.25, -0.2) is 4.98 Å². The summed E-state index contributed by atoms with van der Waals surface area (Å²) < 4.78 is 0. The molecule has 7 heteroatoms. The SMILES string of the molecule is O=C1CNCC(C(=O)c2nccnn2)N1. The molecule has 0 saturated carbocycles. The van der Waals surface area contributed by atoms with Crippen LogP contribution in [-0.2, 0) is 4.79 Å². The molecule has 0 radical (unpaired) electrons. The molecule has 0 aromatic carbocycles. The van der Waals surface area contributed by atoms with Crippen LogP contribution in [0.25, 0.3) is 0 Å². The first kappa shape index (κ1) is 9.66. The lowest BCUT2D eigenvalue weighted by atomic mass is 10.1. The minimum atomic E-state index is -0.601. The zero-order valence-electron chi connectivity index (χ0n) is 7.80. The molecule has 78 valence electrons. The number of nitrogens with zero attached hydrogens (tertiary/aromatic N) is 3. The summed E-state index contributed by atoms with van der Waals surface area (Å²) in [6.07, 6.45) is 2.77. The zero-order valence-corrected chi connectivity index (χ0v) is 7.80. The summed E-state index contributed by atoms with van der Waals surface area (Å²) in [6, 6.07) is -0.601. The number of carbonyl (C=O) groups excluding carboxylic acids is 2. The van der Waals surface area contributed by atoms with Gasteiger partial charge in [-0.05, 0) is 0 Å². The van der Waals surface area contributed by atoms with E-state index in [9.17, 15) is 9.59 Å². The Labute approximate surface area is 85.3 Å². The average molecular weight is 207 g/mol. The van der Waals surface area contributed by atoms with E-state index in [1.807, 2.05) is 0 Å². The molecule has 1 aliphatic rings. The molecule has 7 nitrogen and oxygen atoms in total. The fourth-order valence-corrected chi connectivity index (χ4v) is 1.30. The lowest BCUT2D eigenvalue weighted by Crippen LogP contribution is -2.55. The van der Waals surface area contributed by atoms with Gasteiger partial charge >= 0.3 is 0 Å². The van der Waals surface area contributed by atoms with Crippen molar-refractivity contribution in [1.29, 1.82) is 0 Å². The third-order valence-electron chi connectivity index (χ3n) is 1.99. The second-order valence-corrected chi connectivity index (χ2v) is 3.08. The molecule has 1 aromatic heterocycles. The Morgan fingerprint density at radius 3 is 3.00 bits per heavy atom. The van der Waals surface area contributed by atoms with Crippen LogP contribution in [0.1, 0.15) is 10.6 Å². The van der Waals surface area contributed by atoms with Crippen molar-refractivity contribution in [3.8, 4) is 0 Å². The van der Waals surface area contributed by atoms with Crippen LogP contribution < -0.4 is 10.6 Å². The van der Waals surface area contributed by atoms with Crippen LogP contribution in [0.2, 0.25) is 0 Å². The van der Waals surface area contributed by atoms with Gasteiger partial charge in [0, 0.05) is 12.7 Å². The normalized spacial score (nSPS) is 20.8. The summed E-state index contributed by atoms with van der Waals surface area (Å²) in [6.45, 7) is 0.626. The van der Waals surface area contributed by atoms with E-state index in [0.29, 0.717) is 6.54 Å². The fraction of sp³-hybridized carbons (Fsp3) is 0.375. The molecule has 1 aliphatic heterocycles. The molecule has 1 saturated heterocycles. The Bertz CT molecular complexity index is 380. The fourth-order valence-electron chi connectivity index (χ4n) is 1.30. The number of amides is 1. The van der Waals surface area contributed by atoms with E-state index in [0.717, 1.165) is 0 Å². The Morgan fingerprint density at radius 1 is 1.47 bits per heavy atom. The monoisotopic (exact) mass is 207 g/mol. The third-order valence-corrected chi connectivity index (χ3v) is 1.99. The molecule has 2 heterocycles. The van der Waals surface area contributed by atoms with Crippen molar-refractivity contribution >= 4 is 11.7 Å². The van der Waals surface area contributed by atoms with Crippen molar-refractivity contribution in [1.82, 2.24) is 25.8 Å². The Balaban J connectivity index is 2.11. The number of hydrogen-bond acceptors (Lipinski definition) is 6. The van der Waals surface area contributed by atoms with E-state index in [1.165, 1.54) is 12.4 Å². The van der Waals surface area contributed by atoms with E-state index < -0.39 is 6.04 Å². The van der Waals surface area contributed by atoms with Crippen LogP contribution in [0.3, 0.4) is 0 Å². The highest BCUT2D eigenvalue weighted by molar-refractivity contribution is 5.99. The molecule has 1 aromatic rings. The van der Waals surface area contributed by atoms with Gasteiger partial charge in [-0.2, -0.15) is 5.10 Å². The van der Waals surface area contributed by atoms with Crippen LogP contribution >= 0.6 is 0 Å². The molecule has 1 amide bonds. The summed E-state index contributed by atoms with van der Waals surface area (Å²) in [7, 11) is 0. The van der Waals surface area contributed by atoms with Gasteiger partial charge < -0.3 is 10.6 Å². The van der Waals surface area contributed by atoms with Crippen molar-refractivity contribution in [2.24, 2.45) is 0 Å². The van der Waals surface area contributed by atoms with Gasteiger partial charge in [0.2, 0.25) is 17.5 Å². The van der Waals surface area contributed by atoms with E-state index in [-0.39, 0.29) is 24.1 Å². The lowest BCUT2D eigenvalue weighted by molar-refractivity contribution is -0.121. The van der Waals surface area contributed by atoms with Gasteiger partial charge in [0.25, 0.3) is 0 Å². The molecular weight excluding hydrogens is 198 g/mol. The molecule has 1 atom stereocenters. The Morgan fingerprint density at radius 2 is 2.33 bits per heavy atom. The van der Waals surface area contributed by atoms with Crippen LogP contribution in [-0.4, -0.2) is 46.0 Å². The number of nitrogens with one attached hydrogen (secondary N) is 2. The largest absolute Gasteiger partial charge is 0.343 e. The van der Waals surface area contributed by atoms with Gasteiger partial charge in [0.1, 0.15) is 6.04 Å². The van der Waals surface area contributed by atoms with E-state index >= 15 is 0 Å². The van der Waals surface area contributed by atoms with Crippen LogP contribution in [0.5, 0.6) is 0 Å². The number of aromatic nitrogens is 3. The lowest BCUT2D eigenvalue weighted by Gasteiger charge is -2.21. The van der Waals surface area contributed by atoms with E-state index in [2.05, 4.69) is 25.8 Å². The average Bonchev–Trinajstić information content (AvgIpc) is 2.29. The summed E-state index contributed by atoms with van der Waals surface area (Å²) in [4.78, 5) is 26.5. The number of piperazine rings is 1. The summed E-state index contributed by atoms with van der Waals surface area (Å²) in [5.74, 6) is -0.515. The maximum atomic E-state index is 11.7. The molecule has 1 fully saturated rings. The predicted molar refractivity (Wildman–Crippen MR) is 49.0 cm³/mol. The van der Waals surface area contributed by atoms with Crippen LogP contribution in [0, 0.1) is 0 Å². The first-order valence-electron chi connectivity index (χ1n) is 4.45. The third kappa shape index (κ3) is 2.13. The van der Waals surface area contributed by atoms with Crippen molar-refractivity contribution in [3.05, 3.63) is 18.2 Å². The van der Waals surface area contributed by atoms with Crippen molar-refractivity contribution < 1.29 is 9.59 Å². The number of ketones is 1. The van der Waals surface area contributed by atoms with Crippen LogP contribution in [0.4, 0.5) is 0 Å². The minimum absolute atomic E-state index is 0.0199. The molecule has 0 bridgehead atoms. The predicted octanol–water partition coefficient (Wildman–Crippen LogP) is -1.86. The van der Waals surface area contributed by atoms with Gasteiger partial charge in [0.15, 0.2) is 0 Å². The molecular formula is C8H9N5O2. The standard InChI is InChI=1S/C8H9N5O2/c14-6-4-9-3-5(12-6)7(15)8-10-1-2-11-13-8/h1-2,5,9H,3-4H2,(H,12,14). The number of hydrogen-bond donors (Lipinski definition) is 2. The number of Topliss-reactive ketones (excluding diaryl/α,β-unsaturated/α-hetero) is 1. The molecule has 0 aliphatic carbocycles. The Kier molecular flexibility index (Phi) is 2.64. The topological polar surface area (TPSA) is 96.9 Å². The summed E-state index contributed by atoms with van der Waals surface area (Å²) in [5.41, 5.74) is 0. The minimum Gasteiger partial charge on any atom is -0.343 e. The highest BCUT2D eigenvalue weighted by atomic mass is 16.2. The maximum Gasteiger partial charge on any atom is 0.234 e. The molecule has 2 rings (SSSR count). The van der Waals surface area contributed by atoms with Crippen molar-refractivity contribution in [2.75, 3.05) is 13.1 Å². The molecule has 1 unspecified atom stereocenters. The van der Waals surface area contributed by atoms with Gasteiger partial charge in [-0.3, -0.25) is 9.59 Å². The zero-order chi connectivity index (χ0) is 10.7. The summed E-state index contributed by atoms with van der Waals surface area (Å²) >= 11 is 0. The summed E-state index contributed by atoms with van der Waals surface area (Å²) in [5, 5.41) is 12.5. The number of carbonyl (C=O) groups is 2. The molecule has 2 N–H and O–H groups in total. The number of rotatable bonds is 2. The van der Waals surface area contributed by atoms with Crippen LogP contribution in [0.15, 0.2) is 12.4 Å². The first-order chi connectivity index (χ1) is 7.27. The van der Waals surface area contributed by atoms with Gasteiger partial charge in [0.05, 0.1) is 12.7 Å². The molecule has 0 spiro atoms. The quantitative estimate of drug-likeness (QED) is 0.552. The van der Waals surface area contributed by atoms with Crippen molar-refractivity contribution in [3.63, 3.8) is 0 Å². The highest BCUT2D eigenvalue weighted by Gasteiger charge is 2.27. The maximum absolute atomic E-state index is 11.7.